The number of hydrogen-bond acceptors (Lipinski definition) is 5. The van der Waals surface area contributed by atoms with Gasteiger partial charge in [-0.1, -0.05) is 19.1 Å². The van der Waals surface area contributed by atoms with E-state index in [1.807, 2.05) is 24.6 Å². The molecule has 2 atom stereocenters. The summed E-state index contributed by atoms with van der Waals surface area (Å²) in [6.45, 7) is 5.93. The lowest BCUT2D eigenvalue weighted by Gasteiger charge is -2.08. The molecule has 0 saturated heterocycles. The predicted molar refractivity (Wildman–Crippen MR) is 107 cm³/mol. The normalized spacial score (nSPS) is 18.7. The van der Waals surface area contributed by atoms with E-state index >= 15 is 0 Å². The van der Waals surface area contributed by atoms with Crippen LogP contribution in [-0.4, -0.2) is 34.3 Å². The molecule has 0 N–H and O–H groups in total. The van der Waals surface area contributed by atoms with Crippen LogP contribution in [0, 0.1) is 13.8 Å². The van der Waals surface area contributed by atoms with E-state index < -0.39 is 0 Å². The van der Waals surface area contributed by atoms with Crippen LogP contribution in [0.4, 0.5) is 0 Å². The third-order valence-electron chi connectivity index (χ3n) is 5.51. The van der Waals surface area contributed by atoms with Crippen molar-refractivity contribution in [2.75, 3.05) is 0 Å². The summed E-state index contributed by atoms with van der Waals surface area (Å²) in [5.41, 5.74) is 3.30. The first-order chi connectivity index (χ1) is 13.5. The number of fused-ring (bicyclic) bond motifs is 1. The number of hydrogen-bond donors (Lipinski definition) is 0. The second-order valence-electron chi connectivity index (χ2n) is 7.51. The highest BCUT2D eigenvalue weighted by molar-refractivity contribution is 5.76. The lowest BCUT2D eigenvalue weighted by atomic mass is 10.2. The molecular weight excluding hydrogens is 350 g/mol. The fourth-order valence-corrected chi connectivity index (χ4v) is 4.00. The van der Waals surface area contributed by atoms with Crippen LogP contribution in [-0.2, 0) is 13.5 Å². The molecule has 1 fully saturated rings. The van der Waals surface area contributed by atoms with Gasteiger partial charge in [-0.05, 0) is 32.4 Å². The maximum atomic E-state index is 4.88. The Morgan fingerprint density at radius 2 is 1.86 bits per heavy atom. The molecule has 3 heterocycles. The Morgan fingerprint density at radius 3 is 2.57 bits per heavy atom. The fraction of sp³-hybridized carbons (Fsp3) is 0.381. The SMILES string of the molecule is CCc1nc([C@@H]2C[C@H]2c2nc3ccccc3n2C)cc(-n2nc(C)nc2C)n1. The second kappa shape index (κ2) is 6.22. The highest BCUT2D eigenvalue weighted by Crippen LogP contribution is 2.54. The molecule has 3 aromatic heterocycles. The van der Waals surface area contributed by atoms with E-state index in [2.05, 4.69) is 57.9 Å². The van der Waals surface area contributed by atoms with Crippen LogP contribution >= 0.6 is 0 Å². The minimum absolute atomic E-state index is 0.368. The third kappa shape index (κ3) is 2.69. The zero-order valence-corrected chi connectivity index (χ0v) is 16.6. The molecule has 1 aromatic carbocycles. The van der Waals surface area contributed by atoms with Crippen molar-refractivity contribution in [1.29, 1.82) is 0 Å². The average Bonchev–Trinajstić information content (AvgIpc) is 3.33. The van der Waals surface area contributed by atoms with Crippen LogP contribution in [0.1, 0.15) is 54.2 Å². The van der Waals surface area contributed by atoms with Crippen LogP contribution in [0.25, 0.3) is 16.9 Å². The molecular formula is C21H23N7. The van der Waals surface area contributed by atoms with Crippen molar-refractivity contribution in [3.63, 3.8) is 0 Å². The Hall–Kier alpha value is -3.09. The first-order valence-electron chi connectivity index (χ1n) is 9.75. The lowest BCUT2D eigenvalue weighted by molar-refractivity contribution is 0.758. The number of imidazole rings is 1. The number of rotatable bonds is 4. The lowest BCUT2D eigenvalue weighted by Crippen LogP contribution is -2.08. The summed E-state index contributed by atoms with van der Waals surface area (Å²) in [6, 6.07) is 10.4. The minimum atomic E-state index is 0.368. The molecule has 1 aliphatic rings. The Morgan fingerprint density at radius 1 is 1.04 bits per heavy atom. The maximum Gasteiger partial charge on any atom is 0.159 e. The highest BCUT2D eigenvalue weighted by atomic mass is 15.4. The zero-order chi connectivity index (χ0) is 19.4. The first-order valence-corrected chi connectivity index (χ1v) is 9.75. The van der Waals surface area contributed by atoms with Gasteiger partial charge in [0.1, 0.15) is 23.3 Å². The molecule has 0 bridgehead atoms. The van der Waals surface area contributed by atoms with Gasteiger partial charge in [0.05, 0.1) is 16.7 Å². The van der Waals surface area contributed by atoms with Gasteiger partial charge in [-0.25, -0.2) is 19.9 Å². The molecule has 0 aliphatic heterocycles. The van der Waals surface area contributed by atoms with E-state index in [-0.39, 0.29) is 0 Å². The zero-order valence-electron chi connectivity index (χ0n) is 16.6. The summed E-state index contributed by atoms with van der Waals surface area (Å²) in [5, 5.41) is 4.50. The Bertz CT molecular complexity index is 1190. The van der Waals surface area contributed by atoms with Gasteiger partial charge in [0.2, 0.25) is 0 Å². The Balaban J connectivity index is 1.52. The van der Waals surface area contributed by atoms with Gasteiger partial charge < -0.3 is 4.57 Å². The molecule has 28 heavy (non-hydrogen) atoms. The molecule has 0 amide bonds. The van der Waals surface area contributed by atoms with Gasteiger partial charge in [-0.3, -0.25) is 0 Å². The maximum absolute atomic E-state index is 4.88. The van der Waals surface area contributed by atoms with Gasteiger partial charge in [-0.2, -0.15) is 4.68 Å². The van der Waals surface area contributed by atoms with Crippen LogP contribution < -0.4 is 0 Å². The van der Waals surface area contributed by atoms with Gasteiger partial charge in [-0.15, -0.1) is 5.10 Å². The van der Waals surface area contributed by atoms with E-state index in [9.17, 15) is 0 Å². The van der Waals surface area contributed by atoms with Crippen molar-refractivity contribution in [3.8, 4) is 5.82 Å². The third-order valence-corrected chi connectivity index (χ3v) is 5.51. The molecule has 7 nitrogen and oxygen atoms in total. The minimum Gasteiger partial charge on any atom is -0.331 e. The summed E-state index contributed by atoms with van der Waals surface area (Å²) >= 11 is 0. The summed E-state index contributed by atoms with van der Waals surface area (Å²) in [7, 11) is 2.10. The fourth-order valence-electron chi connectivity index (χ4n) is 4.00. The van der Waals surface area contributed by atoms with E-state index in [4.69, 9.17) is 9.97 Å². The summed E-state index contributed by atoms with van der Waals surface area (Å²) in [4.78, 5) is 18.8. The van der Waals surface area contributed by atoms with Gasteiger partial charge in [0, 0.05) is 31.4 Å². The number of aromatic nitrogens is 7. The van der Waals surface area contributed by atoms with E-state index in [1.54, 1.807) is 0 Å². The quantitative estimate of drug-likeness (QED) is 0.548. The molecule has 0 unspecified atom stereocenters. The summed E-state index contributed by atoms with van der Waals surface area (Å²) < 4.78 is 4.03. The second-order valence-corrected chi connectivity index (χ2v) is 7.51. The van der Waals surface area contributed by atoms with Crippen molar-refractivity contribution in [3.05, 3.63) is 59.3 Å². The van der Waals surface area contributed by atoms with Gasteiger partial charge in [0.15, 0.2) is 5.82 Å². The van der Waals surface area contributed by atoms with E-state index in [0.717, 1.165) is 53.2 Å². The Labute approximate surface area is 163 Å². The van der Waals surface area contributed by atoms with Crippen LogP contribution in [0.5, 0.6) is 0 Å². The van der Waals surface area contributed by atoms with Crippen molar-refractivity contribution < 1.29 is 0 Å². The monoisotopic (exact) mass is 373 g/mol. The molecule has 7 heteroatoms. The van der Waals surface area contributed by atoms with Crippen molar-refractivity contribution in [1.82, 2.24) is 34.3 Å². The standard InChI is InChI=1S/C21H23N7/c1-5-19-23-17(11-20(25-19)28-13(3)22-12(2)26-28)14-10-15(14)21-24-16-8-6-7-9-18(16)27(21)4/h6-9,11,14-15H,5,10H2,1-4H3/t14-,15-/m1/s1. The summed E-state index contributed by atoms with van der Waals surface area (Å²) in [6.07, 6.45) is 1.85. The number of aryl methyl sites for hydroxylation is 4. The molecule has 4 aromatic rings. The van der Waals surface area contributed by atoms with Gasteiger partial charge >= 0.3 is 0 Å². The Kier molecular flexibility index (Phi) is 3.79. The van der Waals surface area contributed by atoms with E-state index in [0.29, 0.717) is 11.8 Å². The van der Waals surface area contributed by atoms with E-state index in [1.165, 1.54) is 5.52 Å². The molecule has 1 aliphatic carbocycles. The topological polar surface area (TPSA) is 74.3 Å². The number of nitrogens with zero attached hydrogens (tertiary/aromatic N) is 7. The molecule has 0 spiro atoms. The molecule has 0 radical (unpaired) electrons. The molecule has 142 valence electrons. The predicted octanol–water partition coefficient (Wildman–Crippen LogP) is 3.39. The van der Waals surface area contributed by atoms with Crippen molar-refractivity contribution >= 4 is 11.0 Å². The largest absolute Gasteiger partial charge is 0.331 e. The van der Waals surface area contributed by atoms with Crippen molar-refractivity contribution in [2.24, 2.45) is 7.05 Å². The summed E-state index contributed by atoms with van der Waals surface area (Å²) in [5.74, 6) is 5.13. The van der Waals surface area contributed by atoms with Gasteiger partial charge in [0.25, 0.3) is 0 Å². The number of benzene rings is 1. The van der Waals surface area contributed by atoms with Crippen LogP contribution in [0.15, 0.2) is 30.3 Å². The average molecular weight is 373 g/mol. The van der Waals surface area contributed by atoms with Crippen LogP contribution in [0.2, 0.25) is 0 Å². The smallest absolute Gasteiger partial charge is 0.159 e. The van der Waals surface area contributed by atoms with Crippen molar-refractivity contribution in [2.45, 2.75) is 45.4 Å². The highest BCUT2D eigenvalue weighted by Gasteiger charge is 2.44. The number of para-hydroxylation sites is 2. The molecule has 1 saturated carbocycles. The first kappa shape index (κ1) is 17.0. The molecule has 5 rings (SSSR count). The van der Waals surface area contributed by atoms with Crippen LogP contribution in [0.3, 0.4) is 0 Å².